The zero-order chi connectivity index (χ0) is 25.2. The molecular formula is C28H34N4O3. The van der Waals surface area contributed by atoms with E-state index in [0.717, 1.165) is 12.1 Å². The molecule has 2 aromatic rings. The number of benzene rings is 2. The van der Waals surface area contributed by atoms with Crippen LogP contribution in [-0.2, 0) is 4.79 Å². The molecule has 2 heterocycles. The second-order valence-corrected chi connectivity index (χ2v) is 9.71. The first-order valence-electron chi connectivity index (χ1n) is 12.2. The average Bonchev–Trinajstić information content (AvgIpc) is 3.20. The van der Waals surface area contributed by atoms with Crippen molar-refractivity contribution in [2.75, 3.05) is 31.6 Å². The Hall–Kier alpha value is -3.61. The van der Waals surface area contributed by atoms with Crippen LogP contribution in [0.1, 0.15) is 60.5 Å². The predicted octanol–water partition coefficient (Wildman–Crippen LogP) is 4.43. The topological polar surface area (TPSA) is 99.7 Å². The van der Waals surface area contributed by atoms with Crippen LogP contribution in [0, 0.1) is 10.8 Å². The van der Waals surface area contributed by atoms with Crippen molar-refractivity contribution >= 4 is 29.3 Å². The lowest BCUT2D eigenvalue weighted by molar-refractivity contribution is -0.127. The normalized spacial score (nSPS) is 17.8. The summed E-state index contributed by atoms with van der Waals surface area (Å²) in [5, 5.41) is 7.56. The third kappa shape index (κ3) is 4.55. The fourth-order valence-electron chi connectivity index (χ4n) is 5.16. The highest BCUT2D eigenvalue weighted by Gasteiger charge is 2.49. The molecule has 0 atom stereocenters. The number of nitrogens with zero attached hydrogens (tertiary/aromatic N) is 2. The van der Waals surface area contributed by atoms with Crippen molar-refractivity contribution in [3.8, 4) is 5.75 Å². The maximum absolute atomic E-state index is 13.6. The maximum atomic E-state index is 13.6. The Morgan fingerprint density at radius 1 is 1.09 bits per heavy atom. The van der Waals surface area contributed by atoms with Crippen molar-refractivity contribution in [1.29, 1.82) is 5.41 Å². The second-order valence-electron chi connectivity index (χ2n) is 9.71. The van der Waals surface area contributed by atoms with Gasteiger partial charge in [-0.25, -0.2) is 0 Å². The smallest absolute Gasteiger partial charge is 0.253 e. The highest BCUT2D eigenvalue weighted by atomic mass is 16.5. The molecule has 0 aromatic heterocycles. The SMILES string of the molecule is COc1cc(N2CCC3(CCN(C(=O)c4ccc(C(C)C)cc4)CC3)C2=O)ccc1/C(C=N)=C/N. The van der Waals surface area contributed by atoms with Crippen LogP contribution in [0.4, 0.5) is 5.69 Å². The average molecular weight is 475 g/mol. The minimum Gasteiger partial charge on any atom is -0.496 e. The Morgan fingerprint density at radius 3 is 2.31 bits per heavy atom. The molecule has 2 aromatic carbocycles. The van der Waals surface area contributed by atoms with Crippen molar-refractivity contribution in [3.63, 3.8) is 0 Å². The van der Waals surface area contributed by atoms with Crippen LogP contribution in [0.25, 0.3) is 5.57 Å². The van der Waals surface area contributed by atoms with Gasteiger partial charge in [0.1, 0.15) is 5.75 Å². The van der Waals surface area contributed by atoms with E-state index in [2.05, 4.69) is 13.8 Å². The van der Waals surface area contributed by atoms with Gasteiger partial charge in [-0.1, -0.05) is 26.0 Å². The van der Waals surface area contributed by atoms with Gasteiger partial charge in [0.25, 0.3) is 5.91 Å². The molecule has 0 bridgehead atoms. The zero-order valence-corrected chi connectivity index (χ0v) is 20.7. The number of hydrogen-bond donors (Lipinski definition) is 2. The fourth-order valence-corrected chi connectivity index (χ4v) is 5.16. The number of allylic oxidation sites excluding steroid dienone is 1. The number of ether oxygens (including phenoxy) is 1. The standard InChI is InChI=1S/C28H34N4O3/c1-19(2)20-4-6-21(7-5-20)26(33)31-13-10-28(11-14-31)12-15-32(27(28)34)23-8-9-24(22(17-29)18-30)25(16-23)35-3/h4-9,16-19,29H,10-15,30H2,1-3H3/b22-18+,29-17?. The lowest BCUT2D eigenvalue weighted by Gasteiger charge is -2.38. The number of methoxy groups -OCH3 is 1. The molecule has 184 valence electrons. The van der Waals surface area contributed by atoms with E-state index in [1.807, 2.05) is 52.3 Å². The molecule has 3 N–H and O–H groups in total. The second kappa shape index (κ2) is 9.94. The highest BCUT2D eigenvalue weighted by molar-refractivity contribution is 6.09. The van der Waals surface area contributed by atoms with Crippen LogP contribution in [0.15, 0.2) is 48.7 Å². The molecule has 0 radical (unpaired) electrons. The number of anilines is 1. The van der Waals surface area contributed by atoms with Crippen LogP contribution >= 0.6 is 0 Å². The number of carbonyl (C=O) groups excluding carboxylic acids is 2. The van der Waals surface area contributed by atoms with Gasteiger partial charge in [-0.05, 0) is 55.0 Å². The van der Waals surface area contributed by atoms with Crippen molar-refractivity contribution in [2.24, 2.45) is 11.1 Å². The van der Waals surface area contributed by atoms with Gasteiger partial charge in [-0.2, -0.15) is 0 Å². The monoisotopic (exact) mass is 474 g/mol. The number of carbonyl (C=O) groups is 2. The number of piperidine rings is 1. The third-order valence-electron chi connectivity index (χ3n) is 7.49. The highest BCUT2D eigenvalue weighted by Crippen LogP contribution is 2.44. The summed E-state index contributed by atoms with van der Waals surface area (Å²) in [5.74, 6) is 1.15. The summed E-state index contributed by atoms with van der Waals surface area (Å²) in [4.78, 5) is 30.3. The van der Waals surface area contributed by atoms with E-state index in [1.54, 1.807) is 7.11 Å². The molecule has 2 saturated heterocycles. The van der Waals surface area contributed by atoms with Gasteiger partial charge in [0.05, 0.1) is 12.5 Å². The Balaban J connectivity index is 1.45. The van der Waals surface area contributed by atoms with E-state index < -0.39 is 5.41 Å². The number of amides is 2. The van der Waals surface area contributed by atoms with Crippen LogP contribution in [0.2, 0.25) is 0 Å². The van der Waals surface area contributed by atoms with E-state index in [-0.39, 0.29) is 11.8 Å². The Bertz CT molecular complexity index is 1150. The lowest BCUT2D eigenvalue weighted by atomic mass is 9.77. The lowest BCUT2D eigenvalue weighted by Crippen LogP contribution is -2.46. The molecule has 2 amide bonds. The number of rotatable bonds is 6. The largest absolute Gasteiger partial charge is 0.496 e. The Labute approximate surface area is 207 Å². The van der Waals surface area contributed by atoms with Gasteiger partial charge in [0.15, 0.2) is 0 Å². The summed E-state index contributed by atoms with van der Waals surface area (Å²) in [7, 11) is 1.57. The molecule has 7 heteroatoms. The Morgan fingerprint density at radius 2 is 1.74 bits per heavy atom. The Kier molecular flexibility index (Phi) is 6.96. The van der Waals surface area contributed by atoms with Crippen molar-refractivity contribution < 1.29 is 14.3 Å². The number of likely N-dealkylation sites (tertiary alicyclic amines) is 1. The molecule has 0 aliphatic carbocycles. The molecule has 0 unspecified atom stereocenters. The molecule has 2 fully saturated rings. The summed E-state index contributed by atoms with van der Waals surface area (Å²) < 4.78 is 5.52. The molecule has 0 saturated carbocycles. The van der Waals surface area contributed by atoms with Gasteiger partial charge in [0.2, 0.25) is 5.91 Å². The van der Waals surface area contributed by atoms with Crippen molar-refractivity contribution in [2.45, 2.75) is 39.0 Å². The minimum atomic E-state index is -0.429. The van der Waals surface area contributed by atoms with E-state index in [0.29, 0.717) is 60.8 Å². The van der Waals surface area contributed by atoms with Gasteiger partial charge in [-0.15, -0.1) is 0 Å². The first-order chi connectivity index (χ1) is 16.8. The summed E-state index contributed by atoms with van der Waals surface area (Å²) in [5.41, 5.74) is 9.17. The van der Waals surface area contributed by atoms with E-state index >= 15 is 0 Å². The fraction of sp³-hybridized carbons (Fsp3) is 0.393. The first kappa shape index (κ1) is 24.5. The number of nitrogens with two attached hydrogens (primary N) is 1. The van der Waals surface area contributed by atoms with Crippen LogP contribution in [0.3, 0.4) is 0 Å². The molecule has 1 spiro atoms. The van der Waals surface area contributed by atoms with Gasteiger partial charge in [0, 0.05) is 60.5 Å². The van der Waals surface area contributed by atoms with Crippen molar-refractivity contribution in [1.82, 2.24) is 4.90 Å². The van der Waals surface area contributed by atoms with Crippen LogP contribution in [-0.4, -0.2) is 49.7 Å². The van der Waals surface area contributed by atoms with Gasteiger partial charge >= 0.3 is 0 Å². The maximum Gasteiger partial charge on any atom is 0.253 e. The first-order valence-corrected chi connectivity index (χ1v) is 12.2. The van der Waals surface area contributed by atoms with E-state index in [4.69, 9.17) is 15.9 Å². The molecule has 35 heavy (non-hydrogen) atoms. The molecule has 2 aliphatic heterocycles. The van der Waals surface area contributed by atoms with Gasteiger partial charge < -0.3 is 25.7 Å². The summed E-state index contributed by atoms with van der Waals surface area (Å²) in [6, 6.07) is 13.4. The van der Waals surface area contributed by atoms with Crippen LogP contribution in [0.5, 0.6) is 5.75 Å². The minimum absolute atomic E-state index is 0.0349. The van der Waals surface area contributed by atoms with Gasteiger partial charge in [-0.3, -0.25) is 9.59 Å². The van der Waals surface area contributed by atoms with Crippen LogP contribution < -0.4 is 15.4 Å². The summed E-state index contributed by atoms with van der Waals surface area (Å²) in [6.45, 7) is 6.07. The molecular weight excluding hydrogens is 440 g/mol. The number of hydrogen-bond acceptors (Lipinski definition) is 5. The number of nitrogens with one attached hydrogen (secondary N) is 1. The third-order valence-corrected chi connectivity index (χ3v) is 7.49. The predicted molar refractivity (Wildman–Crippen MR) is 139 cm³/mol. The molecule has 2 aliphatic rings. The van der Waals surface area contributed by atoms with E-state index in [9.17, 15) is 9.59 Å². The summed E-state index contributed by atoms with van der Waals surface area (Å²) >= 11 is 0. The zero-order valence-electron chi connectivity index (χ0n) is 20.7. The molecule has 7 nitrogen and oxygen atoms in total. The molecule has 4 rings (SSSR count). The summed E-state index contributed by atoms with van der Waals surface area (Å²) in [6.07, 6.45) is 4.66. The van der Waals surface area contributed by atoms with Crippen molar-refractivity contribution in [3.05, 3.63) is 65.4 Å². The van der Waals surface area contributed by atoms with E-state index in [1.165, 1.54) is 18.0 Å². The quantitative estimate of drug-likeness (QED) is 0.605.